The molecule has 0 spiro atoms. The highest BCUT2D eigenvalue weighted by Crippen LogP contribution is 2.41. The summed E-state index contributed by atoms with van der Waals surface area (Å²) in [6.07, 6.45) is -0.0697. The third kappa shape index (κ3) is 2.40. The number of anilines is 1. The van der Waals surface area contributed by atoms with E-state index >= 15 is 0 Å². The second kappa shape index (κ2) is 5.88. The van der Waals surface area contributed by atoms with Gasteiger partial charge in [-0.25, -0.2) is 4.68 Å². The fourth-order valence-electron chi connectivity index (χ4n) is 4.04. The van der Waals surface area contributed by atoms with Gasteiger partial charge in [0.15, 0.2) is 0 Å². The van der Waals surface area contributed by atoms with Crippen molar-refractivity contribution in [2.75, 3.05) is 12.4 Å². The van der Waals surface area contributed by atoms with E-state index in [1.54, 1.807) is 7.11 Å². The van der Waals surface area contributed by atoms with Gasteiger partial charge in [0, 0.05) is 22.2 Å². The zero-order valence-corrected chi connectivity index (χ0v) is 15.7. The van der Waals surface area contributed by atoms with Gasteiger partial charge in [-0.05, 0) is 43.5 Å². The lowest BCUT2D eigenvalue weighted by Gasteiger charge is -2.30. The van der Waals surface area contributed by atoms with Crippen LogP contribution < -0.4 is 10.1 Å². The Balaban J connectivity index is 1.76. The van der Waals surface area contributed by atoms with Crippen LogP contribution in [-0.2, 0) is 0 Å². The molecule has 1 aliphatic rings. The molecule has 1 aromatic heterocycles. The zero-order chi connectivity index (χ0) is 18.5. The highest BCUT2D eigenvalue weighted by molar-refractivity contribution is 5.92. The Morgan fingerprint density at radius 2 is 1.78 bits per heavy atom. The average Bonchev–Trinajstić information content (AvgIpc) is 3.08. The van der Waals surface area contributed by atoms with Crippen LogP contribution in [0.4, 0.5) is 5.69 Å². The van der Waals surface area contributed by atoms with Crippen LogP contribution in [0.5, 0.6) is 5.75 Å². The summed E-state index contributed by atoms with van der Waals surface area (Å²) in [5.41, 5.74) is 6.93. The van der Waals surface area contributed by atoms with Crippen LogP contribution in [-0.4, -0.2) is 16.9 Å². The lowest BCUT2D eigenvalue weighted by Crippen LogP contribution is -2.26. The van der Waals surface area contributed by atoms with E-state index in [2.05, 4.69) is 65.5 Å². The lowest BCUT2D eigenvalue weighted by molar-refractivity contribution is 0.419. The fourth-order valence-corrected chi connectivity index (χ4v) is 4.04. The number of rotatable bonds is 2. The molecule has 0 saturated carbocycles. The van der Waals surface area contributed by atoms with Crippen molar-refractivity contribution < 1.29 is 4.74 Å². The first-order valence-electron chi connectivity index (χ1n) is 9.15. The molecule has 0 radical (unpaired) electrons. The minimum Gasteiger partial charge on any atom is -0.496 e. The van der Waals surface area contributed by atoms with Crippen molar-refractivity contribution in [1.29, 1.82) is 0 Å². The monoisotopic (exact) mass is 355 g/mol. The van der Waals surface area contributed by atoms with E-state index < -0.39 is 0 Å². The van der Waals surface area contributed by atoms with Gasteiger partial charge in [0.05, 0.1) is 18.5 Å². The number of aromatic nitrogens is 2. The summed E-state index contributed by atoms with van der Waals surface area (Å²) < 4.78 is 7.67. The van der Waals surface area contributed by atoms with E-state index in [4.69, 9.17) is 9.84 Å². The van der Waals surface area contributed by atoms with Crippen molar-refractivity contribution in [2.24, 2.45) is 0 Å². The van der Waals surface area contributed by atoms with Gasteiger partial charge in [-0.1, -0.05) is 42.0 Å². The molecule has 4 nitrogen and oxygen atoms in total. The lowest BCUT2D eigenvalue weighted by atomic mass is 9.98. The van der Waals surface area contributed by atoms with Gasteiger partial charge in [-0.3, -0.25) is 0 Å². The van der Waals surface area contributed by atoms with E-state index in [9.17, 15) is 0 Å². The minimum absolute atomic E-state index is 0.0697. The fraction of sp³-hybridized carbons (Fsp3) is 0.174. The average molecular weight is 355 g/mol. The summed E-state index contributed by atoms with van der Waals surface area (Å²) >= 11 is 0. The van der Waals surface area contributed by atoms with E-state index in [0.717, 1.165) is 28.2 Å². The molecule has 0 saturated heterocycles. The predicted octanol–water partition coefficient (Wildman–Crippen LogP) is 5.30. The normalized spacial score (nSPS) is 15.1. The molecule has 1 N–H and O–H groups in total. The first-order valence-corrected chi connectivity index (χ1v) is 9.15. The van der Waals surface area contributed by atoms with Crippen LogP contribution in [0.25, 0.3) is 22.0 Å². The van der Waals surface area contributed by atoms with Gasteiger partial charge >= 0.3 is 0 Å². The molecule has 1 atom stereocenters. The Hall–Kier alpha value is -3.27. The predicted molar refractivity (Wildman–Crippen MR) is 109 cm³/mol. The SMILES string of the molecule is COc1ccc(C2Nc3ccc(C)cc3-c3cc(C)nn32)c2ccccc12. The number of methoxy groups -OCH3 is 1. The Labute approximate surface area is 158 Å². The molecule has 5 rings (SSSR count). The quantitative estimate of drug-likeness (QED) is 0.530. The first-order chi connectivity index (χ1) is 13.2. The maximum Gasteiger partial charge on any atom is 0.147 e. The molecule has 4 heteroatoms. The van der Waals surface area contributed by atoms with Crippen LogP contribution in [0.15, 0.2) is 60.7 Å². The molecule has 1 aliphatic heterocycles. The largest absolute Gasteiger partial charge is 0.496 e. The molecule has 4 aromatic rings. The van der Waals surface area contributed by atoms with Crippen molar-refractivity contribution in [1.82, 2.24) is 9.78 Å². The summed E-state index contributed by atoms with van der Waals surface area (Å²) in [4.78, 5) is 0. The second-order valence-corrected chi connectivity index (χ2v) is 7.11. The summed E-state index contributed by atoms with van der Waals surface area (Å²) in [5, 5.41) is 10.8. The molecule has 134 valence electrons. The standard InChI is InChI=1S/C23H21N3O/c1-14-8-10-20-19(12-14)21-13-15(2)25-26(21)23(24-20)18-9-11-22(27-3)17-7-5-4-6-16(17)18/h4-13,23-24H,1-3H3. The van der Waals surface area contributed by atoms with Crippen molar-refractivity contribution in [2.45, 2.75) is 20.0 Å². The third-order valence-electron chi connectivity index (χ3n) is 5.28. The summed E-state index contributed by atoms with van der Waals surface area (Å²) in [5.74, 6) is 0.887. The van der Waals surface area contributed by atoms with Crippen LogP contribution in [0.3, 0.4) is 0 Å². The van der Waals surface area contributed by atoms with Crippen molar-refractivity contribution >= 4 is 16.5 Å². The molecule has 0 amide bonds. The van der Waals surface area contributed by atoms with Crippen LogP contribution in [0, 0.1) is 13.8 Å². The first kappa shape index (κ1) is 15.9. The smallest absolute Gasteiger partial charge is 0.147 e. The third-order valence-corrected chi connectivity index (χ3v) is 5.28. The maximum absolute atomic E-state index is 5.57. The second-order valence-electron chi connectivity index (χ2n) is 7.11. The Bertz CT molecular complexity index is 1180. The molecule has 2 heterocycles. The molecule has 0 fully saturated rings. The maximum atomic E-state index is 5.57. The molecule has 0 aliphatic carbocycles. The summed E-state index contributed by atoms with van der Waals surface area (Å²) in [6.45, 7) is 4.17. The number of fused-ring (bicyclic) bond motifs is 4. The van der Waals surface area contributed by atoms with E-state index in [1.165, 1.54) is 22.1 Å². The van der Waals surface area contributed by atoms with Gasteiger partial charge < -0.3 is 10.1 Å². The number of aryl methyl sites for hydroxylation is 2. The topological polar surface area (TPSA) is 39.1 Å². The van der Waals surface area contributed by atoms with Crippen LogP contribution >= 0.6 is 0 Å². The molecular formula is C23H21N3O. The van der Waals surface area contributed by atoms with E-state index in [-0.39, 0.29) is 6.17 Å². The van der Waals surface area contributed by atoms with Gasteiger partial charge in [0.25, 0.3) is 0 Å². The van der Waals surface area contributed by atoms with E-state index in [1.807, 2.05) is 19.1 Å². The highest BCUT2D eigenvalue weighted by Gasteiger charge is 2.28. The molecule has 27 heavy (non-hydrogen) atoms. The minimum atomic E-state index is -0.0697. The van der Waals surface area contributed by atoms with Crippen molar-refractivity contribution in [3.8, 4) is 17.0 Å². The molecular weight excluding hydrogens is 334 g/mol. The highest BCUT2D eigenvalue weighted by atomic mass is 16.5. The van der Waals surface area contributed by atoms with Gasteiger partial charge in [0.2, 0.25) is 0 Å². The van der Waals surface area contributed by atoms with Crippen LogP contribution in [0.1, 0.15) is 23.0 Å². The Morgan fingerprint density at radius 1 is 0.963 bits per heavy atom. The number of nitrogens with zero attached hydrogens (tertiary/aromatic N) is 2. The van der Waals surface area contributed by atoms with Crippen molar-refractivity contribution in [3.05, 3.63) is 77.5 Å². The van der Waals surface area contributed by atoms with Gasteiger partial charge in [-0.15, -0.1) is 0 Å². The van der Waals surface area contributed by atoms with Crippen LogP contribution in [0.2, 0.25) is 0 Å². The Morgan fingerprint density at radius 3 is 2.59 bits per heavy atom. The number of ether oxygens (including phenoxy) is 1. The summed E-state index contributed by atoms with van der Waals surface area (Å²) in [7, 11) is 1.72. The number of benzene rings is 3. The number of hydrogen-bond donors (Lipinski definition) is 1. The van der Waals surface area contributed by atoms with E-state index in [0.29, 0.717) is 0 Å². The molecule has 3 aromatic carbocycles. The van der Waals surface area contributed by atoms with Gasteiger partial charge in [-0.2, -0.15) is 5.10 Å². The number of hydrogen-bond acceptors (Lipinski definition) is 3. The molecule has 0 bridgehead atoms. The van der Waals surface area contributed by atoms with Gasteiger partial charge in [0.1, 0.15) is 11.9 Å². The zero-order valence-electron chi connectivity index (χ0n) is 15.7. The van der Waals surface area contributed by atoms with Crippen molar-refractivity contribution in [3.63, 3.8) is 0 Å². The number of nitrogens with one attached hydrogen (secondary N) is 1. The Kier molecular flexibility index (Phi) is 3.47. The summed E-state index contributed by atoms with van der Waals surface area (Å²) in [6, 6.07) is 21.2. The molecule has 1 unspecified atom stereocenters.